The average Bonchev–Trinajstić information content (AvgIpc) is 3.31. The van der Waals surface area contributed by atoms with Gasteiger partial charge in [0.1, 0.15) is 6.10 Å². The van der Waals surface area contributed by atoms with Crippen molar-refractivity contribution >= 4 is 15.7 Å². The van der Waals surface area contributed by atoms with Crippen LogP contribution < -0.4 is 10.1 Å². The summed E-state index contributed by atoms with van der Waals surface area (Å²) < 4.78 is 31.2. The summed E-state index contributed by atoms with van der Waals surface area (Å²) in [6.45, 7) is 0.328. The predicted molar refractivity (Wildman–Crippen MR) is 122 cm³/mol. The summed E-state index contributed by atoms with van der Waals surface area (Å²) >= 11 is 0. The number of carbonyl (C=O) groups is 1. The van der Waals surface area contributed by atoms with E-state index in [0.717, 1.165) is 18.4 Å². The van der Waals surface area contributed by atoms with E-state index in [-0.39, 0.29) is 22.7 Å². The smallest absolute Gasteiger partial charge is 0.251 e. The summed E-state index contributed by atoms with van der Waals surface area (Å²) in [5.74, 6) is 0.153. The lowest BCUT2D eigenvalue weighted by molar-refractivity contribution is 0.0950. The minimum atomic E-state index is -3.48. The normalized spacial score (nSPS) is 14.2. The Morgan fingerprint density at radius 1 is 0.969 bits per heavy atom. The van der Waals surface area contributed by atoms with Crippen LogP contribution in [-0.2, 0) is 22.1 Å². The third-order valence-corrected chi connectivity index (χ3v) is 7.19. The first-order valence-electron chi connectivity index (χ1n) is 10.8. The predicted octanol–water partition coefficient (Wildman–Crippen LogP) is 4.31. The first-order chi connectivity index (χ1) is 15.5. The highest BCUT2D eigenvalue weighted by Gasteiger charge is 2.18. The molecule has 0 saturated heterocycles. The van der Waals surface area contributed by atoms with Crippen molar-refractivity contribution in [3.63, 3.8) is 0 Å². The van der Waals surface area contributed by atoms with Crippen molar-refractivity contribution in [1.29, 1.82) is 0 Å². The molecule has 1 aliphatic rings. The number of benzene rings is 2. The molecule has 1 fully saturated rings. The van der Waals surface area contributed by atoms with Gasteiger partial charge in [-0.3, -0.25) is 4.79 Å². The second-order valence-corrected chi connectivity index (χ2v) is 9.97. The van der Waals surface area contributed by atoms with Gasteiger partial charge in [-0.15, -0.1) is 0 Å². The van der Waals surface area contributed by atoms with Gasteiger partial charge in [0.15, 0.2) is 9.84 Å². The number of amides is 1. The molecule has 6 nitrogen and oxygen atoms in total. The van der Waals surface area contributed by atoms with Crippen LogP contribution in [0.25, 0.3) is 0 Å². The van der Waals surface area contributed by atoms with Crippen molar-refractivity contribution in [3.05, 3.63) is 89.6 Å². The molecule has 1 saturated carbocycles. The van der Waals surface area contributed by atoms with E-state index < -0.39 is 9.84 Å². The molecular formula is C25H26N2O4S. The van der Waals surface area contributed by atoms with Gasteiger partial charge in [-0.2, -0.15) is 0 Å². The highest BCUT2D eigenvalue weighted by Crippen LogP contribution is 2.23. The van der Waals surface area contributed by atoms with Crippen LogP contribution in [0.3, 0.4) is 0 Å². The van der Waals surface area contributed by atoms with Gasteiger partial charge < -0.3 is 10.1 Å². The molecule has 0 radical (unpaired) electrons. The second-order valence-electron chi connectivity index (χ2n) is 7.98. The number of nitrogens with one attached hydrogen (secondary N) is 1. The van der Waals surface area contributed by atoms with E-state index in [9.17, 15) is 13.2 Å². The molecule has 0 bridgehead atoms. The van der Waals surface area contributed by atoms with Crippen molar-refractivity contribution in [1.82, 2.24) is 10.3 Å². The highest BCUT2D eigenvalue weighted by molar-refractivity contribution is 7.90. The minimum Gasteiger partial charge on any atom is -0.474 e. The van der Waals surface area contributed by atoms with Crippen LogP contribution in [0.4, 0.5) is 0 Å². The molecule has 0 spiro atoms. The van der Waals surface area contributed by atoms with Gasteiger partial charge in [0.25, 0.3) is 5.91 Å². The lowest BCUT2D eigenvalue weighted by Crippen LogP contribution is -2.23. The van der Waals surface area contributed by atoms with Gasteiger partial charge in [-0.1, -0.05) is 30.3 Å². The van der Waals surface area contributed by atoms with E-state index in [4.69, 9.17) is 4.74 Å². The third-order valence-electron chi connectivity index (χ3n) is 5.49. The fourth-order valence-electron chi connectivity index (χ4n) is 3.82. The SMILES string of the molecule is O=C(NCc1ccnc(OC2CCCC2)c1)c1cccc(CS(=O)(=O)c2ccccc2)c1. The number of carbonyl (C=O) groups excluding carboxylic acids is 1. The Balaban J connectivity index is 1.38. The summed E-state index contributed by atoms with van der Waals surface area (Å²) in [6.07, 6.45) is 6.39. The van der Waals surface area contributed by atoms with Gasteiger partial charge >= 0.3 is 0 Å². The lowest BCUT2D eigenvalue weighted by Gasteiger charge is -2.13. The summed E-state index contributed by atoms with van der Waals surface area (Å²) in [6, 6.07) is 18.7. The lowest BCUT2D eigenvalue weighted by atomic mass is 10.1. The maximum atomic E-state index is 12.7. The van der Waals surface area contributed by atoms with Crippen molar-refractivity contribution in [2.45, 2.75) is 49.0 Å². The van der Waals surface area contributed by atoms with Crippen molar-refractivity contribution in [2.24, 2.45) is 0 Å². The maximum Gasteiger partial charge on any atom is 0.251 e. The summed E-state index contributed by atoms with van der Waals surface area (Å²) in [4.78, 5) is 17.2. The summed E-state index contributed by atoms with van der Waals surface area (Å²) in [7, 11) is -3.48. The molecule has 1 aromatic heterocycles. The second kappa shape index (κ2) is 9.96. The van der Waals surface area contributed by atoms with Crippen LogP contribution in [-0.4, -0.2) is 25.4 Å². The molecule has 7 heteroatoms. The van der Waals surface area contributed by atoms with E-state index >= 15 is 0 Å². The van der Waals surface area contributed by atoms with Gasteiger partial charge in [-0.25, -0.2) is 13.4 Å². The van der Waals surface area contributed by atoms with E-state index in [1.807, 2.05) is 12.1 Å². The zero-order valence-corrected chi connectivity index (χ0v) is 18.6. The molecular weight excluding hydrogens is 424 g/mol. The number of rotatable bonds is 8. The number of nitrogens with zero attached hydrogens (tertiary/aromatic N) is 1. The standard InChI is InChI=1S/C25H26N2O4S/c28-25(27-17-19-13-14-26-24(16-19)31-22-9-4-5-10-22)21-8-6-7-20(15-21)18-32(29,30)23-11-2-1-3-12-23/h1-3,6-8,11-16,22H,4-5,9-10,17-18H2,(H,27,28). The maximum absolute atomic E-state index is 12.7. The molecule has 2 aromatic carbocycles. The van der Waals surface area contributed by atoms with Crippen LogP contribution in [0, 0.1) is 0 Å². The first-order valence-corrected chi connectivity index (χ1v) is 12.4. The van der Waals surface area contributed by atoms with E-state index in [1.165, 1.54) is 12.8 Å². The Labute approximate surface area is 188 Å². The number of hydrogen-bond acceptors (Lipinski definition) is 5. The Morgan fingerprint density at radius 2 is 1.75 bits per heavy atom. The monoisotopic (exact) mass is 450 g/mol. The Kier molecular flexibility index (Phi) is 6.85. The van der Waals surface area contributed by atoms with Crippen LogP contribution in [0.5, 0.6) is 5.88 Å². The van der Waals surface area contributed by atoms with Gasteiger partial charge in [-0.05, 0) is 67.1 Å². The molecule has 4 rings (SSSR count). The fourth-order valence-corrected chi connectivity index (χ4v) is 5.18. The molecule has 3 aromatic rings. The van der Waals surface area contributed by atoms with Crippen LogP contribution in [0.2, 0.25) is 0 Å². The zero-order valence-electron chi connectivity index (χ0n) is 17.7. The fraction of sp³-hybridized carbons (Fsp3) is 0.280. The number of pyridine rings is 1. The largest absolute Gasteiger partial charge is 0.474 e. The molecule has 0 atom stereocenters. The third kappa shape index (κ3) is 5.73. The van der Waals surface area contributed by atoms with Crippen LogP contribution in [0.15, 0.2) is 77.8 Å². The van der Waals surface area contributed by atoms with Crippen molar-refractivity contribution in [3.8, 4) is 5.88 Å². The number of hydrogen-bond donors (Lipinski definition) is 1. The van der Waals surface area contributed by atoms with Crippen molar-refractivity contribution in [2.75, 3.05) is 0 Å². The summed E-state index contributed by atoms with van der Waals surface area (Å²) in [5.41, 5.74) is 1.88. The van der Waals surface area contributed by atoms with Crippen LogP contribution in [0.1, 0.15) is 47.2 Å². The topological polar surface area (TPSA) is 85.4 Å². The highest BCUT2D eigenvalue weighted by atomic mass is 32.2. The van der Waals surface area contributed by atoms with Crippen LogP contribution >= 0.6 is 0 Å². The Hall–Kier alpha value is -3.19. The zero-order chi connectivity index (χ0) is 22.4. The molecule has 1 amide bonds. The average molecular weight is 451 g/mol. The van der Waals surface area contributed by atoms with Gasteiger partial charge in [0, 0.05) is 24.4 Å². The number of aromatic nitrogens is 1. The molecule has 0 unspecified atom stereocenters. The molecule has 0 aliphatic heterocycles. The molecule has 1 aliphatic carbocycles. The first kappa shape index (κ1) is 22.0. The van der Waals surface area contributed by atoms with Gasteiger partial charge in [0.2, 0.25) is 5.88 Å². The van der Waals surface area contributed by atoms with E-state index in [0.29, 0.717) is 23.6 Å². The van der Waals surface area contributed by atoms with E-state index in [2.05, 4.69) is 10.3 Å². The Morgan fingerprint density at radius 3 is 2.53 bits per heavy atom. The molecule has 166 valence electrons. The Bertz CT molecular complexity index is 1170. The number of sulfone groups is 1. The van der Waals surface area contributed by atoms with Gasteiger partial charge in [0.05, 0.1) is 10.6 Å². The van der Waals surface area contributed by atoms with E-state index in [1.54, 1.807) is 60.8 Å². The minimum absolute atomic E-state index is 0.162. The quantitative estimate of drug-likeness (QED) is 0.553. The molecule has 1 N–H and O–H groups in total. The summed E-state index contributed by atoms with van der Waals surface area (Å²) in [5, 5.41) is 2.89. The van der Waals surface area contributed by atoms with Crippen molar-refractivity contribution < 1.29 is 17.9 Å². The molecule has 32 heavy (non-hydrogen) atoms. The molecule has 1 heterocycles. The number of ether oxygens (including phenoxy) is 1.